The van der Waals surface area contributed by atoms with E-state index in [2.05, 4.69) is 40.7 Å². The first-order chi connectivity index (χ1) is 16.3. The second kappa shape index (κ2) is 10.1. The van der Waals surface area contributed by atoms with E-state index in [-0.39, 0.29) is 6.10 Å². The van der Waals surface area contributed by atoms with Crippen molar-refractivity contribution in [3.8, 4) is 0 Å². The van der Waals surface area contributed by atoms with Crippen molar-refractivity contribution in [1.82, 2.24) is 0 Å². The van der Waals surface area contributed by atoms with Crippen molar-refractivity contribution in [2.45, 2.75) is 138 Å². The van der Waals surface area contributed by atoms with E-state index in [0.29, 0.717) is 10.8 Å². The molecule has 4 aliphatic rings. The molecule has 0 N–H and O–H groups in total. The summed E-state index contributed by atoms with van der Waals surface area (Å²) in [6.07, 6.45) is 16.2. The van der Waals surface area contributed by atoms with Gasteiger partial charge >= 0.3 is 6.16 Å². The van der Waals surface area contributed by atoms with Gasteiger partial charge in [0.1, 0.15) is 11.7 Å². The lowest BCUT2D eigenvalue weighted by atomic mass is 9.46. The van der Waals surface area contributed by atoms with E-state index in [1.165, 1.54) is 57.8 Å². The normalized spacial score (nSPS) is 39.8. The quantitative estimate of drug-likeness (QED) is 0.277. The smallest absolute Gasteiger partial charge is 0.429 e. The van der Waals surface area contributed by atoms with E-state index >= 15 is 0 Å². The minimum Gasteiger partial charge on any atom is -0.429 e. The molecule has 3 heteroatoms. The molecule has 8 unspecified atom stereocenters. The van der Waals surface area contributed by atoms with Gasteiger partial charge in [0.2, 0.25) is 0 Å². The standard InChI is InChI=1S/C32H54O3/c1-21(2)10-9-11-22(3)26-14-15-27-25-13-12-23-20-24(34-29(33)35-30(4,5)6)16-18-31(23,7)28(25)17-19-32(26,27)8/h20-22,24-28H,9-19H2,1-8H3. The molecule has 0 heterocycles. The fourth-order valence-electron chi connectivity index (χ4n) is 9.21. The van der Waals surface area contributed by atoms with Crippen molar-refractivity contribution in [2.75, 3.05) is 0 Å². The number of carbonyl (C=O) groups is 1. The summed E-state index contributed by atoms with van der Waals surface area (Å²) < 4.78 is 11.2. The predicted octanol–water partition coefficient (Wildman–Crippen LogP) is 9.35. The predicted molar refractivity (Wildman–Crippen MR) is 144 cm³/mol. The number of allylic oxidation sites excluding steroid dienone is 1. The van der Waals surface area contributed by atoms with E-state index in [9.17, 15) is 4.79 Å². The van der Waals surface area contributed by atoms with Crippen LogP contribution in [0, 0.1) is 46.3 Å². The van der Waals surface area contributed by atoms with E-state index in [1.807, 2.05) is 20.8 Å². The monoisotopic (exact) mass is 486 g/mol. The highest BCUT2D eigenvalue weighted by atomic mass is 16.7. The third-order valence-electron chi connectivity index (χ3n) is 10.9. The van der Waals surface area contributed by atoms with Gasteiger partial charge in [0.15, 0.2) is 0 Å². The van der Waals surface area contributed by atoms with Crippen molar-refractivity contribution in [2.24, 2.45) is 46.3 Å². The van der Waals surface area contributed by atoms with Crippen LogP contribution in [-0.4, -0.2) is 17.9 Å². The van der Waals surface area contributed by atoms with Gasteiger partial charge in [0.05, 0.1) is 0 Å². The maximum absolute atomic E-state index is 12.3. The van der Waals surface area contributed by atoms with Gasteiger partial charge in [-0.2, -0.15) is 0 Å². The molecule has 3 fully saturated rings. The molecule has 0 aromatic heterocycles. The summed E-state index contributed by atoms with van der Waals surface area (Å²) in [6, 6.07) is 0. The first kappa shape index (κ1) is 27.1. The number of carbonyl (C=O) groups excluding carboxylic acids is 1. The molecule has 0 aromatic carbocycles. The van der Waals surface area contributed by atoms with Crippen LogP contribution in [-0.2, 0) is 9.47 Å². The molecule has 200 valence electrons. The van der Waals surface area contributed by atoms with Crippen LogP contribution in [0.5, 0.6) is 0 Å². The summed E-state index contributed by atoms with van der Waals surface area (Å²) in [5, 5.41) is 0. The zero-order valence-corrected chi connectivity index (χ0v) is 24.1. The lowest BCUT2D eigenvalue weighted by Crippen LogP contribution is -2.51. The highest BCUT2D eigenvalue weighted by Gasteiger charge is 2.59. The largest absolute Gasteiger partial charge is 0.509 e. The molecule has 0 radical (unpaired) electrons. The summed E-state index contributed by atoms with van der Waals surface area (Å²) in [4.78, 5) is 12.3. The number of fused-ring (bicyclic) bond motifs is 5. The van der Waals surface area contributed by atoms with Crippen LogP contribution in [0.4, 0.5) is 4.79 Å². The van der Waals surface area contributed by atoms with Crippen molar-refractivity contribution in [1.29, 1.82) is 0 Å². The fraction of sp³-hybridized carbons (Fsp3) is 0.906. The van der Waals surface area contributed by atoms with Crippen molar-refractivity contribution >= 4 is 6.16 Å². The number of rotatable bonds is 6. The van der Waals surface area contributed by atoms with Crippen LogP contribution in [0.1, 0.15) is 126 Å². The highest BCUT2D eigenvalue weighted by molar-refractivity contribution is 5.61. The second-order valence-corrected chi connectivity index (χ2v) is 14.7. The van der Waals surface area contributed by atoms with Crippen LogP contribution in [0.3, 0.4) is 0 Å². The van der Waals surface area contributed by atoms with E-state index in [0.717, 1.165) is 48.3 Å². The van der Waals surface area contributed by atoms with Crippen LogP contribution < -0.4 is 0 Å². The molecule has 0 amide bonds. The van der Waals surface area contributed by atoms with Gasteiger partial charge < -0.3 is 9.47 Å². The van der Waals surface area contributed by atoms with Gasteiger partial charge in [-0.25, -0.2) is 4.79 Å². The third kappa shape index (κ3) is 5.49. The molecule has 4 aliphatic carbocycles. The highest BCUT2D eigenvalue weighted by Crippen LogP contribution is 2.67. The Balaban J connectivity index is 1.42. The lowest BCUT2D eigenvalue weighted by molar-refractivity contribution is -0.0668. The van der Waals surface area contributed by atoms with Gasteiger partial charge in [-0.15, -0.1) is 0 Å². The summed E-state index contributed by atoms with van der Waals surface area (Å²) in [5.41, 5.74) is 1.90. The molecule has 4 rings (SSSR count). The number of hydrogen-bond donors (Lipinski definition) is 0. The summed E-state index contributed by atoms with van der Waals surface area (Å²) >= 11 is 0. The Hall–Kier alpha value is -0.990. The molecule has 0 aromatic rings. The van der Waals surface area contributed by atoms with E-state index < -0.39 is 11.8 Å². The number of hydrogen-bond acceptors (Lipinski definition) is 3. The average Bonchev–Trinajstić information content (AvgIpc) is 3.09. The minimum absolute atomic E-state index is 0.124. The Kier molecular flexibility index (Phi) is 7.77. The molecule has 0 bridgehead atoms. The van der Waals surface area contributed by atoms with Gasteiger partial charge in [0.25, 0.3) is 0 Å². The zero-order valence-electron chi connectivity index (χ0n) is 24.1. The molecule has 35 heavy (non-hydrogen) atoms. The summed E-state index contributed by atoms with van der Waals surface area (Å²) in [7, 11) is 0. The summed E-state index contributed by atoms with van der Waals surface area (Å²) in [5.74, 6) is 5.22. The molecule has 3 nitrogen and oxygen atoms in total. The number of ether oxygens (including phenoxy) is 2. The molecule has 8 atom stereocenters. The Labute approximate surface area is 216 Å². The molecule has 0 saturated heterocycles. The third-order valence-corrected chi connectivity index (χ3v) is 10.9. The molecule has 0 aliphatic heterocycles. The Morgan fingerprint density at radius 2 is 1.74 bits per heavy atom. The topological polar surface area (TPSA) is 35.5 Å². The first-order valence-electron chi connectivity index (χ1n) is 14.9. The van der Waals surface area contributed by atoms with Crippen LogP contribution in [0.15, 0.2) is 11.6 Å². The van der Waals surface area contributed by atoms with E-state index in [4.69, 9.17) is 9.47 Å². The SMILES string of the molecule is CC(C)CCCC(C)C1CCC2C3CCC4=CC(OC(=O)OC(C)(C)C)CCC4(C)C3CCC12C. The van der Waals surface area contributed by atoms with Crippen molar-refractivity contribution in [3.05, 3.63) is 11.6 Å². The van der Waals surface area contributed by atoms with E-state index in [1.54, 1.807) is 5.57 Å². The zero-order chi connectivity index (χ0) is 25.6. The van der Waals surface area contributed by atoms with Crippen LogP contribution in [0.2, 0.25) is 0 Å². The Bertz CT molecular complexity index is 791. The molecule has 3 saturated carbocycles. The summed E-state index contributed by atoms with van der Waals surface area (Å²) in [6.45, 7) is 18.2. The fourth-order valence-corrected chi connectivity index (χ4v) is 9.21. The van der Waals surface area contributed by atoms with Gasteiger partial charge in [-0.3, -0.25) is 0 Å². The molecular formula is C32H54O3. The molecular weight excluding hydrogens is 432 g/mol. The van der Waals surface area contributed by atoms with Crippen molar-refractivity contribution < 1.29 is 14.3 Å². The average molecular weight is 487 g/mol. The maximum Gasteiger partial charge on any atom is 0.509 e. The van der Waals surface area contributed by atoms with Crippen LogP contribution >= 0.6 is 0 Å². The Morgan fingerprint density at radius 3 is 2.43 bits per heavy atom. The molecule has 0 spiro atoms. The Morgan fingerprint density at radius 1 is 1.00 bits per heavy atom. The second-order valence-electron chi connectivity index (χ2n) is 14.7. The first-order valence-corrected chi connectivity index (χ1v) is 14.9. The maximum atomic E-state index is 12.3. The van der Waals surface area contributed by atoms with Crippen LogP contribution in [0.25, 0.3) is 0 Å². The lowest BCUT2D eigenvalue weighted by Gasteiger charge is -2.59. The minimum atomic E-state index is -0.524. The van der Waals surface area contributed by atoms with Gasteiger partial charge in [0, 0.05) is 0 Å². The van der Waals surface area contributed by atoms with Gasteiger partial charge in [-0.05, 0) is 125 Å². The van der Waals surface area contributed by atoms with Crippen molar-refractivity contribution in [3.63, 3.8) is 0 Å². The van der Waals surface area contributed by atoms with Gasteiger partial charge in [-0.1, -0.05) is 59.5 Å².